The highest BCUT2D eigenvalue weighted by molar-refractivity contribution is 5.95. The summed E-state index contributed by atoms with van der Waals surface area (Å²) >= 11 is 0. The third kappa shape index (κ3) is 4.45. The molecular weight excluding hydrogens is 266 g/mol. The number of rotatable bonds is 4. The first-order valence-corrected chi connectivity index (χ1v) is 7.32. The second-order valence-corrected chi connectivity index (χ2v) is 5.87. The van der Waals surface area contributed by atoms with E-state index < -0.39 is 5.97 Å². The summed E-state index contributed by atoms with van der Waals surface area (Å²) in [5, 5.41) is 11.7. The van der Waals surface area contributed by atoms with E-state index in [1.165, 1.54) is 12.5 Å². The van der Waals surface area contributed by atoms with Crippen molar-refractivity contribution in [2.75, 3.05) is 0 Å². The lowest BCUT2D eigenvalue weighted by Gasteiger charge is -2.34. The van der Waals surface area contributed by atoms with Crippen LogP contribution in [-0.4, -0.2) is 22.5 Å². The maximum atomic E-state index is 12.3. The zero-order valence-electron chi connectivity index (χ0n) is 12.3. The van der Waals surface area contributed by atoms with Crippen LogP contribution >= 0.6 is 0 Å². The molecule has 2 N–H and O–H groups in total. The molecule has 1 fully saturated rings. The summed E-state index contributed by atoms with van der Waals surface area (Å²) < 4.78 is 0. The van der Waals surface area contributed by atoms with Gasteiger partial charge in [-0.2, -0.15) is 0 Å². The summed E-state index contributed by atoms with van der Waals surface area (Å²) in [5.74, 6) is -1.05. The van der Waals surface area contributed by atoms with Crippen molar-refractivity contribution in [3.05, 3.63) is 41.5 Å². The van der Waals surface area contributed by atoms with Crippen molar-refractivity contribution in [1.29, 1.82) is 0 Å². The standard InChI is InChI=1S/C17H21NO3/c1-17(11-3-2-4-12-17)18-16(21)14-8-5-13(6-9-14)7-10-15(19)20/h5-10H,2-4,11-12H2,1H3,(H,18,21)(H,19,20). The molecule has 0 bridgehead atoms. The molecule has 112 valence electrons. The van der Waals surface area contributed by atoms with Crippen LogP contribution in [0.1, 0.15) is 54.9 Å². The van der Waals surface area contributed by atoms with Gasteiger partial charge in [-0.1, -0.05) is 31.4 Å². The third-order valence-electron chi connectivity index (χ3n) is 3.96. The average Bonchev–Trinajstić information content (AvgIpc) is 2.46. The molecule has 1 aromatic carbocycles. The molecule has 1 aromatic rings. The Kier molecular flexibility index (Phi) is 4.78. The van der Waals surface area contributed by atoms with Gasteiger partial charge in [0.1, 0.15) is 0 Å². The normalized spacial score (nSPS) is 17.6. The zero-order valence-corrected chi connectivity index (χ0v) is 12.3. The summed E-state index contributed by atoms with van der Waals surface area (Å²) in [5.41, 5.74) is 1.27. The topological polar surface area (TPSA) is 66.4 Å². The SMILES string of the molecule is CC1(NC(=O)c2ccc(C=CC(=O)O)cc2)CCCCC1. The monoisotopic (exact) mass is 287 g/mol. The Labute approximate surface area is 124 Å². The quantitative estimate of drug-likeness (QED) is 0.835. The van der Waals surface area contributed by atoms with E-state index in [0.717, 1.165) is 37.3 Å². The molecule has 1 saturated carbocycles. The lowest BCUT2D eigenvalue weighted by atomic mass is 9.83. The highest BCUT2D eigenvalue weighted by atomic mass is 16.4. The molecule has 0 unspecified atom stereocenters. The van der Waals surface area contributed by atoms with Gasteiger partial charge in [-0.05, 0) is 43.5 Å². The van der Waals surface area contributed by atoms with Crippen molar-refractivity contribution in [1.82, 2.24) is 5.32 Å². The van der Waals surface area contributed by atoms with Gasteiger partial charge in [0, 0.05) is 17.2 Å². The first kappa shape index (κ1) is 15.3. The molecule has 4 heteroatoms. The van der Waals surface area contributed by atoms with Crippen LogP contribution in [0.25, 0.3) is 6.08 Å². The first-order chi connectivity index (χ1) is 9.98. The summed E-state index contributed by atoms with van der Waals surface area (Å²) in [6.07, 6.45) is 8.21. The van der Waals surface area contributed by atoms with Gasteiger partial charge in [0.25, 0.3) is 5.91 Å². The number of hydrogen-bond donors (Lipinski definition) is 2. The van der Waals surface area contributed by atoms with Gasteiger partial charge in [-0.3, -0.25) is 4.79 Å². The first-order valence-electron chi connectivity index (χ1n) is 7.32. The van der Waals surface area contributed by atoms with Crippen LogP contribution in [0.4, 0.5) is 0 Å². The van der Waals surface area contributed by atoms with E-state index in [1.54, 1.807) is 24.3 Å². The summed E-state index contributed by atoms with van der Waals surface area (Å²) in [6, 6.07) is 6.95. The molecule has 1 aliphatic carbocycles. The smallest absolute Gasteiger partial charge is 0.328 e. The second kappa shape index (κ2) is 6.57. The van der Waals surface area contributed by atoms with Crippen molar-refractivity contribution < 1.29 is 14.7 Å². The zero-order chi connectivity index (χ0) is 15.3. The molecule has 0 saturated heterocycles. The Bertz CT molecular complexity index is 540. The van der Waals surface area contributed by atoms with Crippen LogP contribution in [0.15, 0.2) is 30.3 Å². The van der Waals surface area contributed by atoms with E-state index in [9.17, 15) is 9.59 Å². The molecular formula is C17H21NO3. The number of nitrogens with one attached hydrogen (secondary N) is 1. The molecule has 1 aliphatic rings. The average molecular weight is 287 g/mol. The maximum absolute atomic E-state index is 12.3. The molecule has 0 radical (unpaired) electrons. The molecule has 0 aliphatic heterocycles. The summed E-state index contributed by atoms with van der Waals surface area (Å²) in [6.45, 7) is 2.11. The molecule has 21 heavy (non-hydrogen) atoms. The molecule has 4 nitrogen and oxygen atoms in total. The fourth-order valence-corrected chi connectivity index (χ4v) is 2.72. The van der Waals surface area contributed by atoms with Gasteiger partial charge in [0.05, 0.1) is 0 Å². The fraction of sp³-hybridized carbons (Fsp3) is 0.412. The molecule has 0 spiro atoms. The van der Waals surface area contributed by atoms with E-state index in [2.05, 4.69) is 12.2 Å². The number of carboxylic acids is 1. The number of carbonyl (C=O) groups excluding carboxylic acids is 1. The van der Waals surface area contributed by atoms with E-state index in [1.807, 2.05) is 0 Å². The minimum atomic E-state index is -0.984. The Morgan fingerprint density at radius 1 is 1.14 bits per heavy atom. The van der Waals surface area contributed by atoms with Crippen LogP contribution in [0, 0.1) is 0 Å². The van der Waals surface area contributed by atoms with Crippen molar-refractivity contribution in [3.63, 3.8) is 0 Å². The van der Waals surface area contributed by atoms with Crippen molar-refractivity contribution in [3.8, 4) is 0 Å². The van der Waals surface area contributed by atoms with E-state index >= 15 is 0 Å². The lowest BCUT2D eigenvalue weighted by molar-refractivity contribution is -0.131. The van der Waals surface area contributed by atoms with Crippen LogP contribution in [0.5, 0.6) is 0 Å². The second-order valence-electron chi connectivity index (χ2n) is 5.87. The van der Waals surface area contributed by atoms with Crippen LogP contribution in [0.2, 0.25) is 0 Å². The predicted molar refractivity (Wildman–Crippen MR) is 82.1 cm³/mol. The van der Waals surface area contributed by atoms with Crippen LogP contribution in [-0.2, 0) is 4.79 Å². The molecule has 2 rings (SSSR count). The van der Waals surface area contributed by atoms with Gasteiger partial charge in [0.15, 0.2) is 0 Å². The van der Waals surface area contributed by atoms with Crippen molar-refractivity contribution in [2.45, 2.75) is 44.6 Å². The Morgan fingerprint density at radius 3 is 2.33 bits per heavy atom. The third-order valence-corrected chi connectivity index (χ3v) is 3.96. The lowest BCUT2D eigenvalue weighted by Crippen LogP contribution is -2.47. The van der Waals surface area contributed by atoms with Gasteiger partial charge in [0.2, 0.25) is 0 Å². The Morgan fingerprint density at radius 2 is 1.76 bits per heavy atom. The molecule has 1 amide bonds. The highest BCUT2D eigenvalue weighted by Crippen LogP contribution is 2.27. The number of aliphatic carboxylic acids is 1. The maximum Gasteiger partial charge on any atom is 0.328 e. The van der Waals surface area contributed by atoms with E-state index in [-0.39, 0.29) is 11.4 Å². The summed E-state index contributed by atoms with van der Waals surface area (Å²) in [4.78, 5) is 22.7. The minimum Gasteiger partial charge on any atom is -0.478 e. The Balaban J connectivity index is 2.01. The minimum absolute atomic E-state index is 0.0619. The van der Waals surface area contributed by atoms with Crippen molar-refractivity contribution in [2.24, 2.45) is 0 Å². The fourth-order valence-electron chi connectivity index (χ4n) is 2.72. The van der Waals surface area contributed by atoms with E-state index in [0.29, 0.717) is 5.56 Å². The number of carboxylic acid groups (broad SMARTS) is 1. The number of hydrogen-bond acceptors (Lipinski definition) is 2. The van der Waals surface area contributed by atoms with E-state index in [4.69, 9.17) is 5.11 Å². The highest BCUT2D eigenvalue weighted by Gasteiger charge is 2.28. The van der Waals surface area contributed by atoms with Crippen LogP contribution < -0.4 is 5.32 Å². The predicted octanol–water partition coefficient (Wildman–Crippen LogP) is 3.24. The van der Waals surface area contributed by atoms with Gasteiger partial charge in [-0.15, -0.1) is 0 Å². The van der Waals surface area contributed by atoms with Crippen molar-refractivity contribution >= 4 is 18.0 Å². The van der Waals surface area contributed by atoms with Gasteiger partial charge >= 0.3 is 5.97 Å². The summed E-state index contributed by atoms with van der Waals surface area (Å²) in [7, 11) is 0. The number of benzene rings is 1. The number of carbonyl (C=O) groups is 2. The number of amides is 1. The Hall–Kier alpha value is -2.10. The van der Waals surface area contributed by atoms with Gasteiger partial charge < -0.3 is 10.4 Å². The van der Waals surface area contributed by atoms with Crippen LogP contribution in [0.3, 0.4) is 0 Å². The molecule has 0 heterocycles. The largest absolute Gasteiger partial charge is 0.478 e. The molecule has 0 atom stereocenters. The molecule has 0 aromatic heterocycles. The van der Waals surface area contributed by atoms with Gasteiger partial charge in [-0.25, -0.2) is 4.79 Å².